The van der Waals surface area contributed by atoms with Crippen LogP contribution in [0.25, 0.3) is 0 Å². The number of rotatable bonds is 2. The van der Waals surface area contributed by atoms with Crippen molar-refractivity contribution in [3.8, 4) is 0 Å². The fourth-order valence-corrected chi connectivity index (χ4v) is 2.33. The van der Waals surface area contributed by atoms with Crippen LogP contribution in [-0.4, -0.2) is 10.9 Å². The van der Waals surface area contributed by atoms with Gasteiger partial charge in [-0.25, -0.2) is 9.37 Å². The maximum absolute atomic E-state index is 13.0. The topological polar surface area (TPSA) is 68.0 Å². The van der Waals surface area contributed by atoms with Gasteiger partial charge in [0.2, 0.25) is 0 Å². The smallest absolute Gasteiger partial charge is 0.275 e. The van der Waals surface area contributed by atoms with Crippen LogP contribution in [-0.2, 0) is 0 Å². The zero-order valence-electron chi connectivity index (χ0n) is 8.71. The van der Waals surface area contributed by atoms with Gasteiger partial charge in [0.25, 0.3) is 5.91 Å². The number of hydrogen-bond acceptors (Lipinski definition) is 4. The van der Waals surface area contributed by atoms with Crippen molar-refractivity contribution < 1.29 is 9.18 Å². The number of carbonyl (C=O) groups excluding carboxylic acids is 1. The fraction of sp³-hybridized carbons (Fsp3) is 0. The summed E-state index contributed by atoms with van der Waals surface area (Å²) < 4.78 is 13.0. The van der Waals surface area contributed by atoms with E-state index in [1.165, 1.54) is 5.38 Å². The molecule has 8 heteroatoms. The van der Waals surface area contributed by atoms with E-state index in [4.69, 9.17) is 28.9 Å². The standard InChI is InChI=1S/C10H6Cl2FN3OS/c11-5-1-4(13)2-6(12)8(5)16-9(17)7-3-18-10(14)15-7/h1-3H,(H2,14,15)(H,16,17). The molecule has 1 aromatic carbocycles. The van der Waals surface area contributed by atoms with Crippen molar-refractivity contribution in [3.05, 3.63) is 39.1 Å². The molecule has 1 heterocycles. The minimum atomic E-state index is -0.582. The average molecular weight is 306 g/mol. The Morgan fingerprint density at radius 3 is 2.50 bits per heavy atom. The molecule has 0 bridgehead atoms. The molecule has 3 N–H and O–H groups in total. The molecule has 18 heavy (non-hydrogen) atoms. The summed E-state index contributed by atoms with van der Waals surface area (Å²) in [6.45, 7) is 0. The third kappa shape index (κ3) is 2.72. The molecule has 1 aromatic heterocycles. The van der Waals surface area contributed by atoms with Crippen LogP contribution in [0.2, 0.25) is 10.0 Å². The lowest BCUT2D eigenvalue weighted by Gasteiger charge is -2.08. The minimum Gasteiger partial charge on any atom is -0.375 e. The van der Waals surface area contributed by atoms with Crippen LogP contribution < -0.4 is 11.1 Å². The number of amides is 1. The van der Waals surface area contributed by atoms with Crippen molar-refractivity contribution in [3.63, 3.8) is 0 Å². The van der Waals surface area contributed by atoms with E-state index >= 15 is 0 Å². The van der Waals surface area contributed by atoms with Crippen LogP contribution in [0, 0.1) is 5.82 Å². The minimum absolute atomic E-state index is 0.0107. The zero-order chi connectivity index (χ0) is 13.3. The monoisotopic (exact) mass is 305 g/mol. The van der Waals surface area contributed by atoms with Crippen LogP contribution in [0.1, 0.15) is 10.5 Å². The number of nitrogens with one attached hydrogen (secondary N) is 1. The molecular formula is C10H6Cl2FN3OS. The molecular weight excluding hydrogens is 300 g/mol. The molecule has 0 aliphatic rings. The molecule has 0 saturated carbocycles. The van der Waals surface area contributed by atoms with Crippen LogP contribution in [0.4, 0.5) is 15.2 Å². The normalized spacial score (nSPS) is 10.4. The molecule has 0 unspecified atom stereocenters. The predicted molar refractivity (Wildman–Crippen MR) is 70.9 cm³/mol. The first kappa shape index (κ1) is 13.1. The summed E-state index contributed by atoms with van der Waals surface area (Å²) >= 11 is 12.7. The highest BCUT2D eigenvalue weighted by Crippen LogP contribution is 2.31. The van der Waals surface area contributed by atoms with Gasteiger partial charge in [-0.1, -0.05) is 23.2 Å². The first-order valence-electron chi connectivity index (χ1n) is 4.64. The van der Waals surface area contributed by atoms with Crippen LogP contribution in [0.5, 0.6) is 0 Å². The molecule has 0 fully saturated rings. The van der Waals surface area contributed by atoms with E-state index < -0.39 is 11.7 Å². The number of hydrogen-bond donors (Lipinski definition) is 2. The number of nitrogens with two attached hydrogens (primary N) is 1. The summed E-state index contributed by atoms with van der Waals surface area (Å²) in [4.78, 5) is 15.6. The van der Waals surface area contributed by atoms with Crippen molar-refractivity contribution in [1.82, 2.24) is 4.98 Å². The molecule has 0 atom stereocenters. The molecule has 0 radical (unpaired) electrons. The number of benzene rings is 1. The summed E-state index contributed by atoms with van der Waals surface area (Å²) in [7, 11) is 0. The number of nitrogen functional groups attached to an aromatic ring is 1. The lowest BCUT2D eigenvalue weighted by atomic mass is 10.3. The number of aromatic nitrogens is 1. The molecule has 94 valence electrons. The number of halogens is 3. The molecule has 0 saturated heterocycles. The molecule has 0 aliphatic heterocycles. The Labute approximate surface area is 116 Å². The van der Waals surface area contributed by atoms with Crippen molar-refractivity contribution in [2.45, 2.75) is 0 Å². The largest absolute Gasteiger partial charge is 0.375 e. The number of anilines is 2. The Bertz CT molecular complexity index is 594. The van der Waals surface area contributed by atoms with Crippen molar-refractivity contribution >= 4 is 51.3 Å². The highest BCUT2D eigenvalue weighted by atomic mass is 35.5. The summed E-state index contributed by atoms with van der Waals surface area (Å²) in [5.74, 6) is -1.10. The zero-order valence-corrected chi connectivity index (χ0v) is 11.0. The van der Waals surface area contributed by atoms with Gasteiger partial charge in [-0.05, 0) is 12.1 Å². The van der Waals surface area contributed by atoms with Crippen molar-refractivity contribution in [1.29, 1.82) is 0 Å². The third-order valence-electron chi connectivity index (χ3n) is 2.00. The Balaban J connectivity index is 2.27. The average Bonchev–Trinajstić information content (AvgIpc) is 2.70. The molecule has 2 aromatic rings. The number of carbonyl (C=O) groups is 1. The quantitative estimate of drug-likeness (QED) is 0.893. The SMILES string of the molecule is Nc1nc(C(=O)Nc2c(Cl)cc(F)cc2Cl)cs1. The summed E-state index contributed by atoms with van der Waals surface area (Å²) in [5.41, 5.74) is 5.70. The van der Waals surface area contributed by atoms with Gasteiger partial charge in [-0.3, -0.25) is 4.79 Å². The third-order valence-corrected chi connectivity index (χ3v) is 3.27. The van der Waals surface area contributed by atoms with Gasteiger partial charge in [-0.2, -0.15) is 0 Å². The first-order valence-corrected chi connectivity index (χ1v) is 6.28. The molecule has 2 rings (SSSR count). The second kappa shape index (κ2) is 5.09. The van der Waals surface area contributed by atoms with Gasteiger partial charge in [0, 0.05) is 5.38 Å². The van der Waals surface area contributed by atoms with E-state index in [0.717, 1.165) is 23.5 Å². The maximum Gasteiger partial charge on any atom is 0.275 e. The Morgan fingerprint density at radius 2 is 2.00 bits per heavy atom. The molecule has 0 aliphatic carbocycles. The molecule has 4 nitrogen and oxygen atoms in total. The van der Waals surface area contributed by atoms with Crippen molar-refractivity contribution in [2.75, 3.05) is 11.1 Å². The van der Waals surface area contributed by atoms with E-state index in [-0.39, 0.29) is 26.6 Å². The van der Waals surface area contributed by atoms with Gasteiger partial charge in [-0.15, -0.1) is 11.3 Å². The van der Waals surface area contributed by atoms with Gasteiger partial charge in [0.05, 0.1) is 15.7 Å². The second-order valence-electron chi connectivity index (χ2n) is 3.27. The first-order chi connectivity index (χ1) is 8.47. The van der Waals surface area contributed by atoms with Gasteiger partial charge < -0.3 is 11.1 Å². The van der Waals surface area contributed by atoms with Crippen LogP contribution in [0.15, 0.2) is 17.5 Å². The van der Waals surface area contributed by atoms with E-state index in [0.29, 0.717) is 0 Å². The van der Waals surface area contributed by atoms with E-state index in [2.05, 4.69) is 10.3 Å². The van der Waals surface area contributed by atoms with E-state index in [9.17, 15) is 9.18 Å². The van der Waals surface area contributed by atoms with Crippen molar-refractivity contribution in [2.24, 2.45) is 0 Å². The fourth-order valence-electron chi connectivity index (χ4n) is 1.23. The molecule has 1 amide bonds. The summed E-state index contributed by atoms with van der Waals surface area (Å²) in [6, 6.07) is 2.11. The number of nitrogens with zero attached hydrogens (tertiary/aromatic N) is 1. The highest BCUT2D eigenvalue weighted by molar-refractivity contribution is 7.13. The summed E-state index contributed by atoms with van der Waals surface area (Å²) in [5, 5.41) is 4.25. The van der Waals surface area contributed by atoms with Crippen LogP contribution in [0.3, 0.4) is 0 Å². The maximum atomic E-state index is 13.0. The Hall–Kier alpha value is -1.37. The highest BCUT2D eigenvalue weighted by Gasteiger charge is 2.15. The van der Waals surface area contributed by atoms with Gasteiger partial charge >= 0.3 is 0 Å². The van der Waals surface area contributed by atoms with E-state index in [1.54, 1.807) is 0 Å². The lowest BCUT2D eigenvalue weighted by molar-refractivity contribution is 0.102. The van der Waals surface area contributed by atoms with Crippen LogP contribution >= 0.6 is 34.5 Å². The Kier molecular flexibility index (Phi) is 3.70. The second-order valence-corrected chi connectivity index (χ2v) is 4.97. The number of thiazole rings is 1. The Morgan fingerprint density at radius 1 is 1.39 bits per heavy atom. The lowest BCUT2D eigenvalue weighted by Crippen LogP contribution is -2.13. The molecule has 0 spiro atoms. The van der Waals surface area contributed by atoms with Gasteiger partial charge in [0.15, 0.2) is 5.13 Å². The van der Waals surface area contributed by atoms with E-state index in [1.807, 2.05) is 0 Å². The van der Waals surface area contributed by atoms with Gasteiger partial charge in [0.1, 0.15) is 11.5 Å². The predicted octanol–water partition coefficient (Wildman–Crippen LogP) is 3.42. The summed E-state index contributed by atoms with van der Waals surface area (Å²) in [6.07, 6.45) is 0.